The highest BCUT2D eigenvalue weighted by molar-refractivity contribution is 7.90. The van der Waals surface area contributed by atoms with E-state index in [1.807, 2.05) is 6.92 Å². The first-order valence-corrected chi connectivity index (χ1v) is 10.3. The molecule has 3 aromatic rings. The second kappa shape index (κ2) is 7.21. The second-order valence-corrected chi connectivity index (χ2v) is 8.61. The molecule has 1 heterocycles. The first-order chi connectivity index (χ1) is 12.7. The number of rotatable bonds is 5. The fourth-order valence-corrected chi connectivity index (χ4v) is 3.38. The van der Waals surface area contributed by atoms with Crippen LogP contribution in [0.3, 0.4) is 0 Å². The summed E-state index contributed by atoms with van der Waals surface area (Å²) in [5.41, 5.74) is 1.79. The molecular weight excluding hydrogens is 390 g/mol. The molecule has 0 amide bonds. The molecule has 9 heteroatoms. The Morgan fingerprint density at radius 1 is 1.26 bits per heavy atom. The van der Waals surface area contributed by atoms with Gasteiger partial charge in [0.1, 0.15) is 12.4 Å². The molecule has 0 unspecified atom stereocenters. The molecule has 0 spiro atoms. The Hall–Kier alpha value is -2.58. The van der Waals surface area contributed by atoms with Gasteiger partial charge in [-0.1, -0.05) is 23.7 Å². The Balaban J connectivity index is 2.04. The topological polar surface area (TPSA) is 94.0 Å². The average Bonchev–Trinajstić information content (AvgIpc) is 2.93. The minimum atomic E-state index is -3.35. The maximum atomic E-state index is 11.9. The van der Waals surface area contributed by atoms with Crippen LogP contribution in [0.2, 0.25) is 5.02 Å². The number of sulfone groups is 1. The van der Waals surface area contributed by atoms with Gasteiger partial charge >= 0.3 is 5.69 Å². The summed E-state index contributed by atoms with van der Waals surface area (Å²) in [4.78, 5) is 11.7. The minimum absolute atomic E-state index is 0.0646. The van der Waals surface area contributed by atoms with Crippen molar-refractivity contribution in [3.8, 4) is 16.9 Å². The van der Waals surface area contributed by atoms with Crippen molar-refractivity contribution in [1.29, 1.82) is 0 Å². The van der Waals surface area contributed by atoms with Crippen molar-refractivity contribution in [3.63, 3.8) is 0 Å². The molecule has 1 N–H and O–H groups in total. The van der Waals surface area contributed by atoms with Crippen molar-refractivity contribution in [2.45, 2.75) is 18.4 Å². The van der Waals surface area contributed by atoms with E-state index in [1.165, 1.54) is 10.6 Å². The summed E-state index contributed by atoms with van der Waals surface area (Å²) in [6.45, 7) is 1.91. The van der Waals surface area contributed by atoms with E-state index in [0.29, 0.717) is 27.7 Å². The summed E-state index contributed by atoms with van der Waals surface area (Å²) in [6, 6.07) is 10.1. The third-order valence-electron chi connectivity index (χ3n) is 4.16. The molecule has 0 bridgehead atoms. The molecule has 0 radical (unpaired) electrons. The number of H-pyrrole nitrogens is 1. The van der Waals surface area contributed by atoms with Crippen molar-refractivity contribution < 1.29 is 13.2 Å². The molecule has 142 valence electrons. The SMILES string of the molecule is Cc1cc(OCc2n[nH]c(=O)n2C)c(-c2cccc(S(C)(=O)=O)c2)cc1Cl. The van der Waals surface area contributed by atoms with Gasteiger partial charge in [0.15, 0.2) is 15.7 Å². The zero-order valence-electron chi connectivity index (χ0n) is 15.0. The van der Waals surface area contributed by atoms with Crippen LogP contribution < -0.4 is 10.4 Å². The summed E-state index contributed by atoms with van der Waals surface area (Å²) in [7, 11) is -1.76. The first kappa shape index (κ1) is 19.2. The van der Waals surface area contributed by atoms with Gasteiger partial charge in [-0.15, -0.1) is 0 Å². The van der Waals surface area contributed by atoms with Crippen LogP contribution in [0.4, 0.5) is 0 Å². The smallest absolute Gasteiger partial charge is 0.343 e. The van der Waals surface area contributed by atoms with E-state index in [2.05, 4.69) is 10.2 Å². The Morgan fingerprint density at radius 2 is 2.00 bits per heavy atom. The molecule has 0 aliphatic carbocycles. The Labute approximate surface area is 161 Å². The van der Waals surface area contributed by atoms with Gasteiger partial charge in [-0.2, -0.15) is 5.10 Å². The summed E-state index contributed by atoms with van der Waals surface area (Å²) in [6.07, 6.45) is 1.16. The molecular formula is C18H18ClN3O4S. The third-order valence-corrected chi connectivity index (χ3v) is 5.68. The van der Waals surface area contributed by atoms with Crippen LogP contribution in [0.25, 0.3) is 11.1 Å². The highest BCUT2D eigenvalue weighted by Gasteiger charge is 2.14. The quantitative estimate of drug-likeness (QED) is 0.701. The fraction of sp³-hybridized carbons (Fsp3) is 0.222. The molecule has 0 aliphatic heterocycles. The number of aromatic nitrogens is 3. The van der Waals surface area contributed by atoms with E-state index in [9.17, 15) is 13.2 Å². The molecule has 0 atom stereocenters. The van der Waals surface area contributed by atoms with Crippen molar-refractivity contribution in [1.82, 2.24) is 14.8 Å². The van der Waals surface area contributed by atoms with Gasteiger partial charge in [0.25, 0.3) is 0 Å². The number of aromatic amines is 1. The van der Waals surface area contributed by atoms with Crippen LogP contribution in [0.15, 0.2) is 46.1 Å². The van der Waals surface area contributed by atoms with E-state index in [4.69, 9.17) is 16.3 Å². The van der Waals surface area contributed by atoms with Gasteiger partial charge in [-0.05, 0) is 42.3 Å². The Bertz CT molecular complexity index is 1170. The number of nitrogens with zero attached hydrogens (tertiary/aromatic N) is 2. The van der Waals surface area contributed by atoms with E-state index in [-0.39, 0.29) is 17.2 Å². The number of halogens is 1. The number of aryl methyl sites for hydroxylation is 1. The first-order valence-electron chi connectivity index (χ1n) is 8.00. The lowest BCUT2D eigenvalue weighted by atomic mass is 10.0. The molecule has 3 rings (SSSR count). The van der Waals surface area contributed by atoms with Crippen molar-refractivity contribution >= 4 is 21.4 Å². The molecule has 0 fully saturated rings. The number of hydrogen-bond acceptors (Lipinski definition) is 5. The van der Waals surface area contributed by atoms with Crippen LogP contribution in [0.5, 0.6) is 5.75 Å². The van der Waals surface area contributed by atoms with Crippen LogP contribution >= 0.6 is 11.6 Å². The summed E-state index contributed by atoms with van der Waals surface area (Å²) in [5, 5.41) is 6.80. The zero-order valence-corrected chi connectivity index (χ0v) is 16.6. The lowest BCUT2D eigenvalue weighted by Gasteiger charge is -2.14. The molecule has 0 saturated carbocycles. The largest absolute Gasteiger partial charge is 0.485 e. The molecule has 7 nitrogen and oxygen atoms in total. The van der Waals surface area contributed by atoms with Gasteiger partial charge in [-0.25, -0.2) is 18.3 Å². The predicted octanol–water partition coefficient (Wildman–Crippen LogP) is 2.72. The van der Waals surface area contributed by atoms with Gasteiger partial charge in [0.05, 0.1) is 4.90 Å². The van der Waals surface area contributed by atoms with Crippen molar-refractivity contribution in [2.75, 3.05) is 6.26 Å². The zero-order chi connectivity index (χ0) is 19.8. The summed E-state index contributed by atoms with van der Waals surface area (Å²) in [5.74, 6) is 0.946. The maximum Gasteiger partial charge on any atom is 0.343 e. The van der Waals surface area contributed by atoms with Crippen LogP contribution in [0, 0.1) is 6.92 Å². The maximum absolute atomic E-state index is 11.9. The Kier molecular flexibility index (Phi) is 5.12. The standard InChI is InChI=1S/C18H18ClN3O4S/c1-11-7-16(26-10-17-20-21-18(23)22(17)2)14(9-15(11)19)12-5-4-6-13(8-12)27(3,24)25/h4-9H,10H2,1-3H3,(H,21,23). The highest BCUT2D eigenvalue weighted by atomic mass is 35.5. The lowest BCUT2D eigenvalue weighted by Crippen LogP contribution is -2.15. The predicted molar refractivity (Wildman–Crippen MR) is 103 cm³/mol. The molecule has 1 aromatic heterocycles. The van der Waals surface area contributed by atoms with Crippen molar-refractivity contribution in [3.05, 3.63) is 63.3 Å². The minimum Gasteiger partial charge on any atom is -0.485 e. The highest BCUT2D eigenvalue weighted by Crippen LogP contribution is 2.36. The molecule has 0 saturated heterocycles. The van der Waals surface area contributed by atoms with E-state index in [1.54, 1.807) is 37.4 Å². The van der Waals surface area contributed by atoms with E-state index < -0.39 is 9.84 Å². The van der Waals surface area contributed by atoms with Crippen LogP contribution in [-0.2, 0) is 23.5 Å². The lowest BCUT2D eigenvalue weighted by molar-refractivity contribution is 0.292. The number of nitrogens with one attached hydrogen (secondary N) is 1. The van der Waals surface area contributed by atoms with Gasteiger partial charge < -0.3 is 4.74 Å². The number of ether oxygens (including phenoxy) is 1. The van der Waals surface area contributed by atoms with Crippen LogP contribution in [-0.4, -0.2) is 29.4 Å². The van der Waals surface area contributed by atoms with Gasteiger partial charge in [0.2, 0.25) is 0 Å². The molecule has 27 heavy (non-hydrogen) atoms. The number of hydrogen-bond donors (Lipinski definition) is 1. The fourth-order valence-electron chi connectivity index (χ4n) is 2.55. The average molecular weight is 408 g/mol. The third kappa shape index (κ3) is 4.06. The van der Waals surface area contributed by atoms with E-state index in [0.717, 1.165) is 11.8 Å². The van der Waals surface area contributed by atoms with Crippen LogP contribution in [0.1, 0.15) is 11.4 Å². The monoisotopic (exact) mass is 407 g/mol. The Morgan fingerprint density at radius 3 is 2.63 bits per heavy atom. The summed E-state index contributed by atoms with van der Waals surface area (Å²) >= 11 is 6.27. The second-order valence-electron chi connectivity index (χ2n) is 6.19. The van der Waals surface area contributed by atoms with E-state index >= 15 is 0 Å². The molecule has 2 aromatic carbocycles. The summed E-state index contributed by atoms with van der Waals surface area (Å²) < 4.78 is 31.0. The van der Waals surface area contributed by atoms with Gasteiger partial charge in [-0.3, -0.25) is 4.57 Å². The molecule has 0 aliphatic rings. The van der Waals surface area contributed by atoms with Crippen molar-refractivity contribution in [2.24, 2.45) is 7.05 Å². The van der Waals surface area contributed by atoms with Gasteiger partial charge in [0, 0.05) is 23.9 Å². The number of benzene rings is 2. The normalized spacial score (nSPS) is 11.6.